The van der Waals surface area contributed by atoms with Crippen molar-refractivity contribution in [2.45, 2.75) is 37.1 Å². The number of hydrogen-bond donors (Lipinski definition) is 2. The summed E-state index contributed by atoms with van der Waals surface area (Å²) in [5, 5.41) is 21.3. The number of aliphatic hydroxyl groups excluding tert-OH is 2. The molecule has 0 radical (unpaired) electrons. The highest BCUT2D eigenvalue weighted by molar-refractivity contribution is 5.43. The maximum Gasteiger partial charge on any atom is 0.126 e. The Labute approximate surface area is 171 Å². The molecule has 2 N–H and O–H groups in total. The second-order valence-corrected chi connectivity index (χ2v) is 8.00. The van der Waals surface area contributed by atoms with E-state index < -0.39 is 12.2 Å². The summed E-state index contributed by atoms with van der Waals surface area (Å²) in [5.74, 6) is 2.22. The molecule has 0 saturated carbocycles. The van der Waals surface area contributed by atoms with E-state index in [4.69, 9.17) is 14.2 Å². The molecule has 2 heterocycles. The predicted molar refractivity (Wildman–Crippen MR) is 110 cm³/mol. The van der Waals surface area contributed by atoms with Crippen LogP contribution in [0.25, 0.3) is 0 Å². The number of hydrogen-bond acceptors (Lipinski definition) is 6. The largest absolute Gasteiger partial charge is 0.497 e. The highest BCUT2D eigenvalue weighted by atomic mass is 16.5. The van der Waals surface area contributed by atoms with E-state index in [-0.39, 0.29) is 5.60 Å². The van der Waals surface area contributed by atoms with Crippen LogP contribution in [0.5, 0.6) is 17.2 Å². The Kier molecular flexibility index (Phi) is 5.67. The van der Waals surface area contributed by atoms with Crippen LogP contribution in [0, 0.1) is 0 Å². The van der Waals surface area contributed by atoms with Crippen LogP contribution < -0.4 is 14.2 Å². The predicted octanol–water partition coefficient (Wildman–Crippen LogP) is 3.09. The molecule has 1 spiro atoms. The molecule has 2 atom stereocenters. The first kappa shape index (κ1) is 20.0. The van der Waals surface area contributed by atoms with E-state index in [0.717, 1.165) is 54.3 Å². The molecule has 4 rings (SSSR count). The van der Waals surface area contributed by atoms with Gasteiger partial charge in [-0.3, -0.25) is 0 Å². The molecule has 2 aliphatic rings. The Morgan fingerprint density at radius 2 is 1.83 bits per heavy atom. The van der Waals surface area contributed by atoms with Gasteiger partial charge in [0.15, 0.2) is 0 Å². The summed E-state index contributed by atoms with van der Waals surface area (Å²) >= 11 is 0. The fourth-order valence-electron chi connectivity index (χ4n) is 4.39. The van der Waals surface area contributed by atoms with Gasteiger partial charge in [-0.2, -0.15) is 0 Å². The van der Waals surface area contributed by atoms with Crippen LogP contribution in [-0.4, -0.2) is 54.6 Å². The lowest BCUT2D eigenvalue weighted by Gasteiger charge is -2.46. The quantitative estimate of drug-likeness (QED) is 0.805. The zero-order valence-corrected chi connectivity index (χ0v) is 17.0. The van der Waals surface area contributed by atoms with Crippen LogP contribution in [-0.2, 0) is 0 Å². The number of β-amino-alcohol motifs (C(OH)–C–C–N with tert-alkyl or cyclic N) is 1. The SMILES string of the molecule is COc1cccc([C@@H](O)CN2CCC3(CC2)C[C@@H](O)c2cc(OC)ccc2O3)c1. The van der Waals surface area contributed by atoms with Crippen molar-refractivity contribution in [1.82, 2.24) is 4.90 Å². The zero-order chi connectivity index (χ0) is 20.4. The fraction of sp³-hybridized carbons (Fsp3) is 0.478. The van der Waals surface area contributed by atoms with Crippen LogP contribution in [0.4, 0.5) is 0 Å². The first-order chi connectivity index (χ1) is 14.0. The van der Waals surface area contributed by atoms with E-state index in [1.165, 1.54) is 0 Å². The fourth-order valence-corrected chi connectivity index (χ4v) is 4.39. The van der Waals surface area contributed by atoms with E-state index >= 15 is 0 Å². The van der Waals surface area contributed by atoms with E-state index in [1.54, 1.807) is 14.2 Å². The zero-order valence-electron chi connectivity index (χ0n) is 17.0. The van der Waals surface area contributed by atoms with Crippen molar-refractivity contribution < 1.29 is 24.4 Å². The van der Waals surface area contributed by atoms with Crippen molar-refractivity contribution in [1.29, 1.82) is 0 Å². The van der Waals surface area contributed by atoms with Crippen molar-refractivity contribution in [2.75, 3.05) is 33.9 Å². The van der Waals surface area contributed by atoms with Crippen molar-refractivity contribution in [3.8, 4) is 17.2 Å². The van der Waals surface area contributed by atoms with E-state index in [9.17, 15) is 10.2 Å². The number of fused-ring (bicyclic) bond motifs is 1. The van der Waals surface area contributed by atoms with Gasteiger partial charge in [0.1, 0.15) is 22.8 Å². The summed E-state index contributed by atoms with van der Waals surface area (Å²) in [7, 11) is 3.25. The number of nitrogens with zero attached hydrogens (tertiary/aromatic N) is 1. The molecule has 2 aromatic rings. The summed E-state index contributed by atoms with van der Waals surface area (Å²) in [5.41, 5.74) is 1.31. The van der Waals surface area contributed by atoms with Crippen LogP contribution in [0.2, 0.25) is 0 Å². The third-order valence-corrected chi connectivity index (χ3v) is 6.14. The van der Waals surface area contributed by atoms with Gasteiger partial charge in [0.25, 0.3) is 0 Å². The van der Waals surface area contributed by atoms with Gasteiger partial charge in [-0.25, -0.2) is 0 Å². The average molecular weight is 399 g/mol. The topological polar surface area (TPSA) is 71.4 Å². The van der Waals surface area contributed by atoms with Gasteiger partial charge >= 0.3 is 0 Å². The second-order valence-electron chi connectivity index (χ2n) is 8.00. The number of ether oxygens (including phenoxy) is 3. The van der Waals surface area contributed by atoms with Crippen LogP contribution in [0.3, 0.4) is 0 Å². The lowest BCUT2D eigenvalue weighted by molar-refractivity contribution is -0.0588. The highest BCUT2D eigenvalue weighted by Crippen LogP contribution is 2.45. The Hall–Kier alpha value is -2.28. The number of methoxy groups -OCH3 is 2. The lowest BCUT2D eigenvalue weighted by atomic mass is 9.81. The summed E-state index contributed by atoms with van der Waals surface area (Å²) in [6.45, 7) is 2.21. The first-order valence-electron chi connectivity index (χ1n) is 10.1. The first-order valence-corrected chi connectivity index (χ1v) is 10.1. The molecule has 6 nitrogen and oxygen atoms in total. The molecule has 2 aliphatic heterocycles. The Morgan fingerprint density at radius 3 is 2.55 bits per heavy atom. The smallest absolute Gasteiger partial charge is 0.126 e. The molecule has 0 unspecified atom stereocenters. The molecule has 156 valence electrons. The number of rotatable bonds is 5. The lowest BCUT2D eigenvalue weighted by Crippen LogP contribution is -2.51. The summed E-state index contributed by atoms with van der Waals surface area (Å²) in [4.78, 5) is 2.26. The average Bonchev–Trinajstić information content (AvgIpc) is 2.75. The monoisotopic (exact) mass is 399 g/mol. The van der Waals surface area contributed by atoms with Crippen molar-refractivity contribution in [2.24, 2.45) is 0 Å². The number of benzene rings is 2. The van der Waals surface area contributed by atoms with Gasteiger partial charge < -0.3 is 29.3 Å². The van der Waals surface area contributed by atoms with Gasteiger partial charge in [-0.1, -0.05) is 12.1 Å². The summed E-state index contributed by atoms with van der Waals surface area (Å²) in [6, 6.07) is 13.2. The minimum Gasteiger partial charge on any atom is -0.497 e. The third-order valence-electron chi connectivity index (χ3n) is 6.14. The third kappa shape index (κ3) is 4.20. The maximum atomic E-state index is 10.7. The van der Waals surface area contributed by atoms with Gasteiger partial charge in [0.05, 0.1) is 26.4 Å². The number of likely N-dealkylation sites (tertiary alicyclic amines) is 1. The molecule has 0 aliphatic carbocycles. The van der Waals surface area contributed by atoms with Gasteiger partial charge in [-0.05, 0) is 48.7 Å². The summed E-state index contributed by atoms with van der Waals surface area (Å²) in [6.07, 6.45) is 1.10. The maximum absolute atomic E-state index is 10.7. The van der Waals surface area contributed by atoms with Crippen LogP contribution >= 0.6 is 0 Å². The minimum atomic E-state index is -0.565. The van der Waals surface area contributed by atoms with Gasteiger partial charge in [0.2, 0.25) is 0 Å². The molecule has 0 amide bonds. The normalized spacial score (nSPS) is 21.9. The van der Waals surface area contributed by atoms with E-state index in [1.807, 2.05) is 42.5 Å². The second kappa shape index (κ2) is 8.22. The molecule has 0 bridgehead atoms. The van der Waals surface area contributed by atoms with Crippen LogP contribution in [0.1, 0.15) is 42.6 Å². The van der Waals surface area contributed by atoms with Crippen molar-refractivity contribution in [3.05, 3.63) is 53.6 Å². The van der Waals surface area contributed by atoms with E-state index in [2.05, 4.69) is 4.90 Å². The molecule has 0 aromatic heterocycles. The van der Waals surface area contributed by atoms with Crippen LogP contribution in [0.15, 0.2) is 42.5 Å². The molecular formula is C23H29NO5. The summed E-state index contributed by atoms with van der Waals surface area (Å²) < 4.78 is 16.9. The number of aliphatic hydroxyl groups is 2. The molecular weight excluding hydrogens is 370 g/mol. The number of piperidine rings is 1. The van der Waals surface area contributed by atoms with Gasteiger partial charge in [-0.15, -0.1) is 0 Å². The molecule has 1 saturated heterocycles. The standard InChI is InChI=1S/C23H29NO5/c1-27-17-5-3-4-16(12-17)21(26)15-24-10-8-23(9-11-24)14-20(25)19-13-18(28-2)6-7-22(19)29-23/h3-7,12-13,20-21,25-26H,8-11,14-15H2,1-2H3/t20-,21+/m1/s1. The molecule has 1 fully saturated rings. The Morgan fingerprint density at radius 1 is 1.10 bits per heavy atom. The van der Waals surface area contributed by atoms with Crippen molar-refractivity contribution in [3.63, 3.8) is 0 Å². The Balaban J connectivity index is 1.38. The molecule has 6 heteroatoms. The van der Waals surface area contributed by atoms with Gasteiger partial charge in [0, 0.05) is 31.6 Å². The molecule has 29 heavy (non-hydrogen) atoms. The minimum absolute atomic E-state index is 0.349. The highest BCUT2D eigenvalue weighted by Gasteiger charge is 2.43. The molecule has 2 aromatic carbocycles. The van der Waals surface area contributed by atoms with Crippen molar-refractivity contribution >= 4 is 0 Å². The van der Waals surface area contributed by atoms with E-state index in [0.29, 0.717) is 13.0 Å². The Bertz CT molecular complexity index is 847.